The number of halogens is 2. The first-order valence-corrected chi connectivity index (χ1v) is 8.26. The van der Waals surface area contributed by atoms with E-state index in [1.165, 1.54) is 42.3 Å². The summed E-state index contributed by atoms with van der Waals surface area (Å²) in [5, 5.41) is 3.98. The minimum absolute atomic E-state index is 0.00833. The molecule has 2 aromatic rings. The van der Waals surface area contributed by atoms with Crippen molar-refractivity contribution in [2.45, 2.75) is 17.9 Å². The van der Waals surface area contributed by atoms with Gasteiger partial charge in [0.15, 0.2) is 0 Å². The van der Waals surface area contributed by atoms with E-state index in [9.17, 15) is 12.8 Å². The fraction of sp³-hybridized carbons (Fsp3) is 0.308. The minimum atomic E-state index is -3.84. The highest BCUT2D eigenvalue weighted by molar-refractivity contribution is 7.92. The Hall–Kier alpha value is -1.60. The van der Waals surface area contributed by atoms with Gasteiger partial charge >= 0.3 is 0 Å². The molecule has 114 valence electrons. The van der Waals surface area contributed by atoms with Crippen LogP contribution in [0.2, 0.25) is 0 Å². The molecule has 0 aliphatic heterocycles. The normalized spacial score (nSPS) is 11.6. The number of benzene rings is 1. The predicted molar refractivity (Wildman–Crippen MR) is 79.6 cm³/mol. The molecule has 5 nitrogen and oxygen atoms in total. The Morgan fingerprint density at radius 2 is 2.10 bits per heavy atom. The maximum Gasteiger partial charge on any atom is 0.267 e. The van der Waals surface area contributed by atoms with E-state index in [1.807, 2.05) is 0 Å². The van der Waals surface area contributed by atoms with Gasteiger partial charge in [0.2, 0.25) is 0 Å². The maximum absolute atomic E-state index is 13.7. The molecule has 0 saturated heterocycles. The number of alkyl halides is 1. The number of anilines is 1. The van der Waals surface area contributed by atoms with Crippen LogP contribution in [0.4, 0.5) is 10.1 Å². The summed E-state index contributed by atoms with van der Waals surface area (Å²) in [6.45, 7) is 0.530. The van der Waals surface area contributed by atoms with Crippen molar-refractivity contribution in [3.63, 3.8) is 0 Å². The van der Waals surface area contributed by atoms with Gasteiger partial charge in [0.1, 0.15) is 10.7 Å². The second kappa shape index (κ2) is 6.44. The number of hydrogen-bond acceptors (Lipinski definition) is 3. The average Bonchev–Trinajstić information content (AvgIpc) is 2.94. The Balaban J connectivity index is 2.29. The number of hydrogen-bond donors (Lipinski definition) is 0. The molecule has 0 unspecified atom stereocenters. The van der Waals surface area contributed by atoms with Gasteiger partial charge in [0.25, 0.3) is 10.0 Å². The van der Waals surface area contributed by atoms with Gasteiger partial charge in [-0.2, -0.15) is 5.10 Å². The van der Waals surface area contributed by atoms with Crippen molar-refractivity contribution in [2.75, 3.05) is 17.2 Å². The third-order valence-electron chi connectivity index (χ3n) is 2.98. The first kappa shape index (κ1) is 15.8. The average molecular weight is 332 g/mol. The number of para-hydroxylation sites is 1. The largest absolute Gasteiger partial charge is 0.271 e. The molecule has 1 heterocycles. The van der Waals surface area contributed by atoms with Gasteiger partial charge in [-0.15, -0.1) is 11.6 Å². The van der Waals surface area contributed by atoms with Gasteiger partial charge in [-0.3, -0.25) is 8.99 Å². The Morgan fingerprint density at radius 3 is 2.76 bits per heavy atom. The quantitative estimate of drug-likeness (QED) is 0.764. The van der Waals surface area contributed by atoms with Crippen LogP contribution in [0, 0.1) is 5.82 Å². The summed E-state index contributed by atoms with van der Waals surface area (Å²) < 4.78 is 41.0. The number of aromatic nitrogens is 2. The summed E-state index contributed by atoms with van der Waals surface area (Å²) in [6.07, 6.45) is 3.35. The first-order valence-electron chi connectivity index (χ1n) is 6.28. The SMILES string of the molecule is CN(c1ccccc1F)S(=O)(=O)c1cnn(CCCCl)c1. The zero-order chi connectivity index (χ0) is 15.5. The van der Waals surface area contributed by atoms with Crippen LogP contribution in [0.15, 0.2) is 41.6 Å². The molecule has 0 N–H and O–H groups in total. The Labute approximate surface area is 128 Å². The Morgan fingerprint density at radius 1 is 1.38 bits per heavy atom. The summed E-state index contributed by atoms with van der Waals surface area (Å²) in [6, 6.07) is 5.70. The van der Waals surface area contributed by atoms with Crippen LogP contribution < -0.4 is 4.31 Å². The van der Waals surface area contributed by atoms with Crippen LogP contribution in [-0.2, 0) is 16.6 Å². The van der Waals surface area contributed by atoms with Gasteiger partial charge in [0, 0.05) is 25.7 Å². The van der Waals surface area contributed by atoms with Crippen molar-refractivity contribution in [3.8, 4) is 0 Å². The van der Waals surface area contributed by atoms with Crippen LogP contribution in [0.3, 0.4) is 0 Å². The molecule has 0 saturated carbocycles. The lowest BCUT2D eigenvalue weighted by Crippen LogP contribution is -2.27. The molecule has 0 fully saturated rings. The summed E-state index contributed by atoms with van der Waals surface area (Å²) in [4.78, 5) is 0.0165. The first-order chi connectivity index (χ1) is 9.96. The molecule has 0 aliphatic rings. The number of sulfonamides is 1. The molecule has 21 heavy (non-hydrogen) atoms. The Bertz CT molecular complexity index is 718. The van der Waals surface area contributed by atoms with Crippen molar-refractivity contribution in [1.82, 2.24) is 9.78 Å². The molecule has 0 aliphatic carbocycles. The van der Waals surface area contributed by atoms with E-state index in [4.69, 9.17) is 11.6 Å². The highest BCUT2D eigenvalue weighted by Crippen LogP contribution is 2.24. The third kappa shape index (κ3) is 3.36. The molecule has 0 radical (unpaired) electrons. The van der Waals surface area contributed by atoms with Crippen LogP contribution in [0.1, 0.15) is 6.42 Å². The molecule has 0 amide bonds. The number of aryl methyl sites for hydroxylation is 1. The van der Waals surface area contributed by atoms with E-state index in [0.29, 0.717) is 18.8 Å². The van der Waals surface area contributed by atoms with Crippen LogP contribution in [0.5, 0.6) is 0 Å². The van der Waals surface area contributed by atoms with Gasteiger partial charge in [-0.1, -0.05) is 12.1 Å². The van der Waals surface area contributed by atoms with E-state index >= 15 is 0 Å². The van der Waals surface area contributed by atoms with Crippen molar-refractivity contribution in [3.05, 3.63) is 42.5 Å². The molecule has 2 rings (SSSR count). The second-order valence-corrected chi connectivity index (χ2v) is 6.75. The lowest BCUT2D eigenvalue weighted by Gasteiger charge is -2.18. The fourth-order valence-corrected chi connectivity index (χ4v) is 3.09. The summed E-state index contributed by atoms with van der Waals surface area (Å²) >= 11 is 5.59. The van der Waals surface area contributed by atoms with E-state index in [-0.39, 0.29) is 10.6 Å². The van der Waals surface area contributed by atoms with Gasteiger partial charge in [-0.05, 0) is 18.6 Å². The van der Waals surface area contributed by atoms with Crippen molar-refractivity contribution in [2.24, 2.45) is 0 Å². The molecular weight excluding hydrogens is 317 g/mol. The van der Waals surface area contributed by atoms with Crippen molar-refractivity contribution in [1.29, 1.82) is 0 Å². The number of rotatable bonds is 6. The minimum Gasteiger partial charge on any atom is -0.271 e. The lowest BCUT2D eigenvalue weighted by molar-refractivity contribution is 0.587. The van der Waals surface area contributed by atoms with E-state index in [2.05, 4.69) is 5.10 Å². The van der Waals surface area contributed by atoms with Gasteiger partial charge < -0.3 is 0 Å². The van der Waals surface area contributed by atoms with Crippen LogP contribution in [-0.4, -0.2) is 31.1 Å². The lowest BCUT2D eigenvalue weighted by atomic mass is 10.3. The summed E-state index contributed by atoms with van der Waals surface area (Å²) in [5.74, 6) is -0.130. The highest BCUT2D eigenvalue weighted by Gasteiger charge is 2.24. The van der Waals surface area contributed by atoms with Crippen LogP contribution in [0.25, 0.3) is 0 Å². The van der Waals surface area contributed by atoms with Crippen LogP contribution >= 0.6 is 11.6 Å². The maximum atomic E-state index is 13.7. The van der Waals surface area contributed by atoms with Gasteiger partial charge in [-0.25, -0.2) is 12.8 Å². The molecule has 0 bridgehead atoms. The zero-order valence-corrected chi connectivity index (χ0v) is 13.0. The summed E-state index contributed by atoms with van der Waals surface area (Å²) in [7, 11) is -2.53. The van der Waals surface area contributed by atoms with Crippen molar-refractivity contribution < 1.29 is 12.8 Å². The standard InChI is InChI=1S/C13H15ClFN3O2S/c1-17(13-6-3-2-5-12(13)15)21(19,20)11-9-16-18(10-11)8-4-7-14/h2-3,5-6,9-10H,4,7-8H2,1H3. The zero-order valence-electron chi connectivity index (χ0n) is 11.4. The number of nitrogens with zero attached hydrogens (tertiary/aromatic N) is 3. The summed E-state index contributed by atoms with van der Waals surface area (Å²) in [5.41, 5.74) is -0.00833. The van der Waals surface area contributed by atoms with E-state index in [1.54, 1.807) is 6.07 Å². The van der Waals surface area contributed by atoms with E-state index < -0.39 is 15.8 Å². The second-order valence-electron chi connectivity index (χ2n) is 4.41. The third-order valence-corrected chi connectivity index (χ3v) is 4.97. The fourth-order valence-electron chi connectivity index (χ4n) is 1.82. The smallest absolute Gasteiger partial charge is 0.267 e. The molecular formula is C13H15ClFN3O2S. The monoisotopic (exact) mass is 331 g/mol. The van der Waals surface area contributed by atoms with Crippen molar-refractivity contribution >= 4 is 27.3 Å². The molecule has 8 heteroatoms. The highest BCUT2D eigenvalue weighted by atomic mass is 35.5. The molecule has 0 atom stereocenters. The van der Waals surface area contributed by atoms with Gasteiger partial charge in [0.05, 0.1) is 11.9 Å². The molecule has 1 aromatic carbocycles. The Kier molecular flexibility index (Phi) is 4.84. The topological polar surface area (TPSA) is 55.2 Å². The predicted octanol–water partition coefficient (Wildman–Crippen LogP) is 2.48. The van der Waals surface area contributed by atoms with E-state index in [0.717, 1.165) is 4.31 Å². The molecule has 0 spiro atoms. The molecule has 1 aromatic heterocycles.